The summed E-state index contributed by atoms with van der Waals surface area (Å²) in [4.78, 5) is 20.9. The van der Waals surface area contributed by atoms with Gasteiger partial charge in [0.1, 0.15) is 33.2 Å². The molecule has 31 heteroatoms. The average molecular weight is 1070 g/mol. The van der Waals surface area contributed by atoms with Crippen molar-refractivity contribution in [3.63, 3.8) is 0 Å². The topological polar surface area (TPSA) is 383 Å². The molecule has 0 atom stereocenters. The van der Waals surface area contributed by atoms with Crippen molar-refractivity contribution in [2.45, 2.75) is 35.0 Å². The molecule has 0 aliphatic heterocycles. The van der Waals surface area contributed by atoms with E-state index in [-0.39, 0.29) is 100 Å². The van der Waals surface area contributed by atoms with Crippen LogP contribution in [0, 0.1) is 13.8 Å². The monoisotopic (exact) mass is 1070 g/mol. The predicted molar refractivity (Wildman–Crippen MR) is 254 cm³/mol. The summed E-state index contributed by atoms with van der Waals surface area (Å²) in [7, 11) is -9.14. The summed E-state index contributed by atoms with van der Waals surface area (Å²) < 4.78 is 82.9. The molecule has 8 N–H and O–H groups in total. The normalized spacial score (nSPS) is 12.6. The molecule has 1 amide bonds. The van der Waals surface area contributed by atoms with Crippen LogP contribution in [-0.4, -0.2) is 79.3 Å². The Hall–Kier alpha value is -6.85. The lowest BCUT2D eigenvalue weighted by molar-refractivity contribution is -0.432. The van der Waals surface area contributed by atoms with Crippen molar-refractivity contribution >= 4 is 133 Å². The first-order chi connectivity index (χ1) is 33.8. The molecule has 0 spiro atoms. The highest BCUT2D eigenvalue weighted by molar-refractivity contribution is 7.95. The number of rotatable bonds is 19. The third-order valence-electron chi connectivity index (χ3n) is 10.1. The number of aryl methyl sites for hydroxylation is 1. The lowest BCUT2D eigenvalue weighted by atomic mass is 10.1. The molecule has 368 valence electrons. The number of primary amides is 1. The molecule has 8 rings (SSSR count). The number of phenolic OH excluding ortho intramolecular Hbond substituents is 1. The second-order valence-corrected chi connectivity index (χ2v) is 20.1. The molecule has 0 saturated heterocycles. The minimum absolute atomic E-state index is 0.0237. The van der Waals surface area contributed by atoms with Crippen molar-refractivity contribution < 1.29 is 74.9 Å². The Morgan fingerprint density at radius 3 is 2.30 bits per heavy atom. The first-order valence-electron chi connectivity index (χ1n) is 19.8. The largest absolute Gasteiger partial charge is 0.505 e. The van der Waals surface area contributed by atoms with Crippen molar-refractivity contribution in [3.8, 4) is 17.4 Å². The maximum Gasteiger partial charge on any atom is 0.296 e. The summed E-state index contributed by atoms with van der Waals surface area (Å²) in [5.74, 6) is -2.25. The summed E-state index contributed by atoms with van der Waals surface area (Å²) in [6, 6.07) is 18.2. The van der Waals surface area contributed by atoms with Crippen LogP contribution in [-0.2, 0) is 39.0 Å². The van der Waals surface area contributed by atoms with Gasteiger partial charge in [-0.1, -0.05) is 33.5 Å². The molecular formula is C40H32N10O16S5. The number of phenols is 1. The van der Waals surface area contributed by atoms with Gasteiger partial charge < -0.3 is 20.7 Å². The van der Waals surface area contributed by atoms with Crippen LogP contribution in [0.4, 0.5) is 33.6 Å². The third kappa shape index (κ3) is 11.1. The number of fused-ring (bicyclic) bond motifs is 5. The minimum atomic E-state index is -4.80. The number of azo groups is 3. The van der Waals surface area contributed by atoms with Gasteiger partial charge in [0.25, 0.3) is 26.1 Å². The number of carbonyl (C=O) groups is 1. The van der Waals surface area contributed by atoms with E-state index >= 15 is 0 Å². The predicted octanol–water partition coefficient (Wildman–Crippen LogP) is 10.4. The lowest BCUT2D eigenvalue weighted by Crippen LogP contribution is -2.15. The SMILES string of the molecule is Cc1cc(N=Nc2c(SOOO)cc3cc(N=Nc4c(C)c(C(N)=O)c5nc6ccccc6n5c4O)ccc3c2O)c(OCCCS(=O)(=O)O)cc1N=Nc1nc2c(S(=O)(=O)O)cc(SOOO)cc2s1. The van der Waals surface area contributed by atoms with Crippen molar-refractivity contribution in [1.29, 1.82) is 0 Å². The standard InChI is InChI=1S/C40H32N10O16S5/c1-18-12-26(28(62-10-5-11-70(56,57)58)17-25(18)45-49-40-43-34-29(67-40)15-22(68-65-63-54)16-31(34)71(59,60)61)46-48-35-30(69-66-64-55)14-20-13-21(8-9-23(20)36(35)51)44-47-33-19(2)32(37(41)52)38-42-24-6-3-4-7-27(24)50(38)39(33)53/h3-4,6-9,12-17,51,53-55H,5,10-11H2,1-2H3,(H2,41,52)(H,56,57,58)(H,59,60,61). The molecule has 0 aliphatic rings. The molecular weight excluding hydrogens is 1040 g/mol. The Labute approximate surface area is 410 Å². The number of nitrogens with two attached hydrogens (primary N) is 1. The van der Waals surface area contributed by atoms with Crippen LogP contribution in [0.2, 0.25) is 0 Å². The number of hydrogen-bond acceptors (Lipinski definition) is 25. The molecule has 0 bridgehead atoms. The fourth-order valence-electron chi connectivity index (χ4n) is 7.00. The summed E-state index contributed by atoms with van der Waals surface area (Å²) in [6.45, 7) is 2.90. The fourth-order valence-corrected chi connectivity index (χ4v) is 10.2. The maximum absolute atomic E-state index is 12.6. The number of thiazole rings is 1. The minimum Gasteiger partial charge on any atom is -0.505 e. The second-order valence-electron chi connectivity index (χ2n) is 14.7. The number of imidazole rings is 1. The highest BCUT2D eigenvalue weighted by Crippen LogP contribution is 2.47. The van der Waals surface area contributed by atoms with Crippen molar-refractivity contribution in [1.82, 2.24) is 14.4 Å². The van der Waals surface area contributed by atoms with Gasteiger partial charge >= 0.3 is 0 Å². The molecule has 8 aromatic rings. The van der Waals surface area contributed by atoms with Crippen LogP contribution in [0.25, 0.3) is 37.7 Å². The molecule has 3 aromatic heterocycles. The molecule has 71 heavy (non-hydrogen) atoms. The molecule has 5 aromatic carbocycles. The molecule has 3 heterocycles. The summed E-state index contributed by atoms with van der Waals surface area (Å²) >= 11 is 1.77. The van der Waals surface area contributed by atoms with Crippen LogP contribution in [0.1, 0.15) is 27.9 Å². The summed E-state index contributed by atoms with van der Waals surface area (Å²) in [5.41, 5.74) is 7.55. The van der Waals surface area contributed by atoms with Crippen LogP contribution < -0.4 is 10.5 Å². The Morgan fingerprint density at radius 2 is 1.56 bits per heavy atom. The van der Waals surface area contributed by atoms with Crippen LogP contribution in [0.15, 0.2) is 118 Å². The van der Waals surface area contributed by atoms with E-state index in [1.165, 1.54) is 46.9 Å². The molecule has 0 radical (unpaired) electrons. The van der Waals surface area contributed by atoms with E-state index in [4.69, 9.17) is 25.3 Å². The van der Waals surface area contributed by atoms with E-state index in [0.29, 0.717) is 46.1 Å². The number of amides is 1. The number of ether oxygens (including phenoxy) is 1. The van der Waals surface area contributed by atoms with Crippen LogP contribution in [0.3, 0.4) is 0 Å². The van der Waals surface area contributed by atoms with Crippen LogP contribution >= 0.6 is 35.4 Å². The highest BCUT2D eigenvalue weighted by atomic mass is 32.2. The number of nitrogens with zero attached hydrogens (tertiary/aromatic N) is 9. The smallest absolute Gasteiger partial charge is 0.296 e. The van der Waals surface area contributed by atoms with Gasteiger partial charge in [0, 0.05) is 16.3 Å². The summed E-state index contributed by atoms with van der Waals surface area (Å²) in [5, 5.41) is 74.0. The van der Waals surface area contributed by atoms with Gasteiger partial charge in [-0.3, -0.25) is 18.3 Å². The van der Waals surface area contributed by atoms with Crippen molar-refractivity contribution in [2.75, 3.05) is 12.4 Å². The zero-order chi connectivity index (χ0) is 50.8. The summed E-state index contributed by atoms with van der Waals surface area (Å²) in [6.07, 6.45) is -0.157. The van der Waals surface area contributed by atoms with Gasteiger partial charge in [-0.05, 0) is 91.4 Å². The Bertz CT molecular complexity index is 3760. The van der Waals surface area contributed by atoms with Gasteiger partial charge in [0.2, 0.25) is 11.0 Å². The molecule has 0 saturated carbocycles. The van der Waals surface area contributed by atoms with Crippen LogP contribution in [0.5, 0.6) is 17.4 Å². The fraction of sp³-hybridized carbons (Fsp3) is 0.125. The quantitative estimate of drug-likeness (QED) is 0.00987. The number of carbonyl (C=O) groups excluding carboxylic acids is 1. The van der Waals surface area contributed by atoms with E-state index in [0.717, 1.165) is 17.4 Å². The van der Waals surface area contributed by atoms with Gasteiger partial charge in [0.15, 0.2) is 11.4 Å². The molecule has 26 nitrogen and oxygen atoms in total. The second kappa shape index (κ2) is 20.9. The average Bonchev–Trinajstić information content (AvgIpc) is 3.91. The van der Waals surface area contributed by atoms with Gasteiger partial charge in [-0.25, -0.2) is 20.5 Å². The zero-order valence-corrected chi connectivity index (χ0v) is 40.0. The van der Waals surface area contributed by atoms with E-state index in [1.807, 2.05) is 0 Å². The number of hydrogen-bond donors (Lipinski definition) is 7. The highest BCUT2D eigenvalue weighted by Gasteiger charge is 2.25. The van der Waals surface area contributed by atoms with E-state index in [9.17, 15) is 40.9 Å². The number of pyridine rings is 1. The molecule has 0 unspecified atom stereocenters. The maximum atomic E-state index is 12.6. The van der Waals surface area contributed by atoms with E-state index in [1.54, 1.807) is 38.1 Å². The lowest BCUT2D eigenvalue weighted by Gasteiger charge is -2.12. The van der Waals surface area contributed by atoms with E-state index < -0.39 is 42.5 Å². The first kappa shape index (κ1) is 50.5. The van der Waals surface area contributed by atoms with Gasteiger partial charge in [-0.2, -0.15) is 21.9 Å². The molecule has 0 fully saturated rings. The molecule has 0 aliphatic carbocycles. The number of benzene rings is 5. The number of aromatic nitrogens is 3. The van der Waals surface area contributed by atoms with E-state index in [2.05, 4.69) is 55.1 Å². The van der Waals surface area contributed by atoms with Crippen molar-refractivity contribution in [2.24, 2.45) is 36.4 Å². The Morgan fingerprint density at radius 1 is 0.831 bits per heavy atom. The number of para-hydroxylation sites is 2. The van der Waals surface area contributed by atoms with Gasteiger partial charge in [0.05, 0.1) is 74.0 Å². The van der Waals surface area contributed by atoms with Crippen molar-refractivity contribution in [3.05, 3.63) is 89.5 Å². The Balaban J connectivity index is 1.14. The first-order valence-corrected chi connectivity index (χ1v) is 25.1. The Kier molecular flexibility index (Phi) is 14.8. The zero-order valence-electron chi connectivity index (χ0n) is 36.0. The third-order valence-corrected chi connectivity index (χ3v) is 13.8. The number of aromatic hydroxyl groups is 2. The van der Waals surface area contributed by atoms with Gasteiger partial charge in [-0.15, -0.1) is 34.2 Å².